The van der Waals surface area contributed by atoms with Crippen LogP contribution in [0.15, 0.2) is 30.3 Å². The molecule has 0 amide bonds. The minimum atomic E-state index is 0.615. The van der Waals surface area contributed by atoms with E-state index in [9.17, 15) is 0 Å². The van der Waals surface area contributed by atoms with E-state index in [1.54, 1.807) is 0 Å². The summed E-state index contributed by atoms with van der Waals surface area (Å²) in [4.78, 5) is 0. The Bertz CT molecular complexity index is 377. The molecule has 0 aromatic heterocycles. The topological polar surface area (TPSA) is 12.0 Å². The molecule has 1 aromatic rings. The number of rotatable bonds is 2. The predicted octanol–water partition coefficient (Wildman–Crippen LogP) is 3.58. The van der Waals surface area contributed by atoms with Crippen LogP contribution in [0, 0.1) is 0 Å². The van der Waals surface area contributed by atoms with Crippen LogP contribution in [-0.2, 0) is 0 Å². The number of nitrogens with one attached hydrogen (secondary N) is 1. The van der Waals surface area contributed by atoms with Crippen LogP contribution in [0.2, 0.25) is 0 Å². The van der Waals surface area contributed by atoms with Crippen molar-refractivity contribution in [1.82, 2.24) is 5.32 Å². The Kier molecular flexibility index (Phi) is 3.79. The Balaban J connectivity index is 2.25. The van der Waals surface area contributed by atoms with Crippen molar-refractivity contribution in [2.45, 2.75) is 32.6 Å². The normalized spacial score (nSPS) is 17.1. The van der Waals surface area contributed by atoms with Crippen molar-refractivity contribution in [2.24, 2.45) is 0 Å². The predicted molar refractivity (Wildman–Crippen MR) is 70.6 cm³/mol. The van der Waals surface area contributed by atoms with E-state index in [0.29, 0.717) is 5.92 Å². The molecule has 1 aliphatic rings. The molecule has 16 heavy (non-hydrogen) atoms. The molecule has 0 spiro atoms. The van der Waals surface area contributed by atoms with Crippen molar-refractivity contribution in [3.05, 3.63) is 41.5 Å². The molecule has 1 N–H and O–H groups in total. The number of hydrogen-bond donors (Lipinski definition) is 1. The van der Waals surface area contributed by atoms with Gasteiger partial charge in [0.05, 0.1) is 0 Å². The van der Waals surface area contributed by atoms with Crippen LogP contribution in [0.4, 0.5) is 0 Å². The Morgan fingerprint density at radius 1 is 1.25 bits per heavy atom. The maximum absolute atomic E-state index is 3.41. The molecule has 1 aliphatic heterocycles. The molecule has 2 rings (SSSR count). The van der Waals surface area contributed by atoms with E-state index >= 15 is 0 Å². The van der Waals surface area contributed by atoms with Crippen LogP contribution in [0.25, 0.3) is 5.57 Å². The van der Waals surface area contributed by atoms with Crippen molar-refractivity contribution >= 4 is 5.57 Å². The fourth-order valence-corrected chi connectivity index (χ4v) is 2.16. The average molecular weight is 215 g/mol. The highest BCUT2D eigenvalue weighted by Gasteiger charge is 2.06. The van der Waals surface area contributed by atoms with Crippen LogP contribution in [-0.4, -0.2) is 13.1 Å². The van der Waals surface area contributed by atoms with E-state index in [-0.39, 0.29) is 0 Å². The fraction of sp³-hybridized carbons (Fsp3) is 0.467. The Morgan fingerprint density at radius 2 is 2.12 bits per heavy atom. The third-order valence-corrected chi connectivity index (χ3v) is 3.22. The summed E-state index contributed by atoms with van der Waals surface area (Å²) >= 11 is 0. The number of allylic oxidation sites excluding steroid dienone is 1. The molecule has 0 bridgehead atoms. The molecule has 0 saturated carbocycles. The zero-order valence-corrected chi connectivity index (χ0v) is 10.3. The highest BCUT2D eigenvalue weighted by Crippen LogP contribution is 2.24. The Morgan fingerprint density at radius 3 is 2.94 bits per heavy atom. The monoisotopic (exact) mass is 215 g/mol. The maximum atomic E-state index is 3.41. The summed E-state index contributed by atoms with van der Waals surface area (Å²) in [7, 11) is 0. The van der Waals surface area contributed by atoms with E-state index in [4.69, 9.17) is 0 Å². The second-order valence-corrected chi connectivity index (χ2v) is 4.82. The van der Waals surface area contributed by atoms with Gasteiger partial charge in [0.25, 0.3) is 0 Å². The van der Waals surface area contributed by atoms with Crippen LogP contribution in [0.3, 0.4) is 0 Å². The van der Waals surface area contributed by atoms with Gasteiger partial charge in [0.2, 0.25) is 0 Å². The van der Waals surface area contributed by atoms with Gasteiger partial charge in [-0.3, -0.25) is 0 Å². The maximum Gasteiger partial charge on any atom is 0.0140 e. The SMILES string of the molecule is CC(C)c1cccc(C2=CCNCCC2)c1. The van der Waals surface area contributed by atoms with Gasteiger partial charge in [0.15, 0.2) is 0 Å². The Hall–Kier alpha value is -1.08. The van der Waals surface area contributed by atoms with Gasteiger partial charge in [0, 0.05) is 6.54 Å². The van der Waals surface area contributed by atoms with Crippen molar-refractivity contribution in [1.29, 1.82) is 0 Å². The summed E-state index contributed by atoms with van der Waals surface area (Å²) in [6.45, 7) is 6.66. The standard InChI is InChI=1S/C15H21N/c1-12(2)14-5-3-6-15(11-14)13-7-4-9-16-10-8-13/h3,5-6,8,11-12,16H,4,7,9-10H2,1-2H3. The summed E-state index contributed by atoms with van der Waals surface area (Å²) in [5, 5.41) is 3.41. The molecule has 1 nitrogen and oxygen atoms in total. The van der Waals surface area contributed by atoms with Gasteiger partial charge in [-0.2, -0.15) is 0 Å². The first-order valence-corrected chi connectivity index (χ1v) is 6.27. The summed E-state index contributed by atoms with van der Waals surface area (Å²) < 4.78 is 0. The smallest absolute Gasteiger partial charge is 0.0140 e. The van der Waals surface area contributed by atoms with Crippen LogP contribution < -0.4 is 5.32 Å². The van der Waals surface area contributed by atoms with E-state index < -0.39 is 0 Å². The van der Waals surface area contributed by atoms with Gasteiger partial charge in [-0.05, 0) is 42.0 Å². The molecule has 86 valence electrons. The molecular weight excluding hydrogens is 194 g/mol. The summed E-state index contributed by atoms with van der Waals surface area (Å²) in [5.41, 5.74) is 4.36. The molecule has 0 radical (unpaired) electrons. The lowest BCUT2D eigenvalue weighted by atomic mass is 9.95. The molecule has 0 fully saturated rings. The van der Waals surface area contributed by atoms with E-state index in [1.807, 2.05) is 0 Å². The number of hydrogen-bond acceptors (Lipinski definition) is 1. The van der Waals surface area contributed by atoms with Crippen molar-refractivity contribution in [3.8, 4) is 0 Å². The van der Waals surface area contributed by atoms with E-state index in [1.165, 1.54) is 29.5 Å². The van der Waals surface area contributed by atoms with E-state index in [0.717, 1.165) is 13.1 Å². The van der Waals surface area contributed by atoms with Gasteiger partial charge in [-0.25, -0.2) is 0 Å². The third-order valence-electron chi connectivity index (χ3n) is 3.22. The lowest BCUT2D eigenvalue weighted by Crippen LogP contribution is -2.12. The molecule has 1 heteroatoms. The quantitative estimate of drug-likeness (QED) is 0.795. The Labute approximate surface area is 98.6 Å². The highest BCUT2D eigenvalue weighted by atomic mass is 14.8. The fourth-order valence-electron chi connectivity index (χ4n) is 2.16. The molecule has 0 aliphatic carbocycles. The van der Waals surface area contributed by atoms with Gasteiger partial charge in [0.1, 0.15) is 0 Å². The van der Waals surface area contributed by atoms with Crippen molar-refractivity contribution in [3.63, 3.8) is 0 Å². The first-order chi connectivity index (χ1) is 7.77. The van der Waals surface area contributed by atoms with Crippen LogP contribution >= 0.6 is 0 Å². The first-order valence-electron chi connectivity index (χ1n) is 6.27. The minimum Gasteiger partial charge on any atom is -0.313 e. The second-order valence-electron chi connectivity index (χ2n) is 4.82. The summed E-state index contributed by atoms with van der Waals surface area (Å²) in [5.74, 6) is 0.615. The first kappa shape index (κ1) is 11.4. The average Bonchev–Trinajstić information content (AvgIpc) is 2.57. The van der Waals surface area contributed by atoms with Gasteiger partial charge in [-0.15, -0.1) is 0 Å². The van der Waals surface area contributed by atoms with Crippen molar-refractivity contribution < 1.29 is 0 Å². The van der Waals surface area contributed by atoms with Gasteiger partial charge in [-0.1, -0.05) is 44.2 Å². The van der Waals surface area contributed by atoms with E-state index in [2.05, 4.69) is 49.5 Å². The van der Waals surface area contributed by atoms with Crippen LogP contribution in [0.5, 0.6) is 0 Å². The molecule has 0 saturated heterocycles. The summed E-state index contributed by atoms with van der Waals surface area (Å²) in [6, 6.07) is 9.00. The molecule has 1 aromatic carbocycles. The second kappa shape index (κ2) is 5.31. The van der Waals surface area contributed by atoms with Gasteiger partial charge < -0.3 is 5.32 Å². The lowest BCUT2D eigenvalue weighted by molar-refractivity contribution is 0.723. The summed E-state index contributed by atoms with van der Waals surface area (Å²) in [6.07, 6.45) is 4.79. The molecule has 0 unspecified atom stereocenters. The molecular formula is C15H21N. The minimum absolute atomic E-state index is 0.615. The third kappa shape index (κ3) is 2.73. The van der Waals surface area contributed by atoms with Crippen LogP contribution in [0.1, 0.15) is 43.7 Å². The zero-order chi connectivity index (χ0) is 11.4. The van der Waals surface area contributed by atoms with Crippen molar-refractivity contribution in [2.75, 3.05) is 13.1 Å². The largest absolute Gasteiger partial charge is 0.313 e. The number of benzene rings is 1. The zero-order valence-electron chi connectivity index (χ0n) is 10.3. The highest BCUT2D eigenvalue weighted by molar-refractivity contribution is 5.66. The molecule has 1 heterocycles. The van der Waals surface area contributed by atoms with Gasteiger partial charge >= 0.3 is 0 Å². The lowest BCUT2D eigenvalue weighted by Gasteiger charge is -2.10. The molecule has 0 atom stereocenters.